The number of unbranched alkanes of at least 4 members (excludes halogenated alkanes) is 1. The number of hydrogen-bond donors (Lipinski definition) is 2. The number of nitrogens with two attached hydrogens (primary N) is 1. The number of nitrogens with one attached hydrogen (secondary N) is 1. The quantitative estimate of drug-likeness (QED) is 0.609. The standard InChI is InChI=1S/C20H25FN2O3S/c21-18-11-7-16(8-12-18)4-1-2-6-20(24)23-15-3-5-17-9-13-19(14-10-17)27(22,25)26/h7-14H,1-6,15H2,(H,23,24)(H2,22,25,26). The Morgan fingerprint density at radius 2 is 1.44 bits per heavy atom. The van der Waals surface area contributed by atoms with Crippen LogP contribution in [0.4, 0.5) is 4.39 Å². The van der Waals surface area contributed by atoms with E-state index in [1.54, 1.807) is 24.3 Å². The van der Waals surface area contributed by atoms with Crippen LogP contribution in [0.2, 0.25) is 0 Å². The molecule has 2 aromatic carbocycles. The smallest absolute Gasteiger partial charge is 0.238 e. The first-order valence-electron chi connectivity index (χ1n) is 8.97. The molecular weight excluding hydrogens is 367 g/mol. The molecule has 2 rings (SSSR count). The van der Waals surface area contributed by atoms with Crippen molar-refractivity contribution < 1.29 is 17.6 Å². The van der Waals surface area contributed by atoms with Crippen LogP contribution in [-0.2, 0) is 27.7 Å². The van der Waals surface area contributed by atoms with E-state index in [2.05, 4.69) is 5.32 Å². The number of amides is 1. The Hall–Kier alpha value is -2.25. The topological polar surface area (TPSA) is 89.3 Å². The molecule has 0 bridgehead atoms. The predicted molar refractivity (Wildman–Crippen MR) is 103 cm³/mol. The number of primary sulfonamides is 1. The number of hydrogen-bond acceptors (Lipinski definition) is 3. The second-order valence-electron chi connectivity index (χ2n) is 6.48. The number of halogens is 1. The zero-order chi connectivity index (χ0) is 19.7. The van der Waals surface area contributed by atoms with Crippen LogP contribution in [0.15, 0.2) is 53.4 Å². The maximum Gasteiger partial charge on any atom is 0.238 e. The van der Waals surface area contributed by atoms with E-state index in [1.807, 2.05) is 0 Å². The summed E-state index contributed by atoms with van der Waals surface area (Å²) in [6, 6.07) is 12.9. The minimum absolute atomic E-state index is 0.0266. The SMILES string of the molecule is NS(=O)(=O)c1ccc(CCCNC(=O)CCCCc2ccc(F)cc2)cc1. The largest absolute Gasteiger partial charge is 0.356 e. The van der Waals surface area contributed by atoms with E-state index in [0.717, 1.165) is 43.2 Å². The lowest BCUT2D eigenvalue weighted by molar-refractivity contribution is -0.121. The van der Waals surface area contributed by atoms with Crippen molar-refractivity contribution in [3.63, 3.8) is 0 Å². The maximum atomic E-state index is 12.8. The minimum Gasteiger partial charge on any atom is -0.356 e. The van der Waals surface area contributed by atoms with Crippen LogP contribution in [0.3, 0.4) is 0 Å². The van der Waals surface area contributed by atoms with Gasteiger partial charge in [-0.25, -0.2) is 17.9 Å². The first kappa shape index (κ1) is 21.1. The van der Waals surface area contributed by atoms with Crippen LogP contribution in [0.1, 0.15) is 36.8 Å². The molecule has 1 amide bonds. The van der Waals surface area contributed by atoms with Crippen LogP contribution < -0.4 is 10.5 Å². The zero-order valence-corrected chi connectivity index (χ0v) is 16.0. The van der Waals surface area contributed by atoms with Crippen LogP contribution in [0.5, 0.6) is 0 Å². The van der Waals surface area contributed by atoms with Gasteiger partial charge in [-0.3, -0.25) is 4.79 Å². The van der Waals surface area contributed by atoms with Gasteiger partial charge in [0.25, 0.3) is 0 Å². The van der Waals surface area contributed by atoms with E-state index >= 15 is 0 Å². The Morgan fingerprint density at radius 1 is 0.889 bits per heavy atom. The highest BCUT2D eigenvalue weighted by Crippen LogP contribution is 2.10. The summed E-state index contributed by atoms with van der Waals surface area (Å²) in [6.07, 6.45) is 4.51. The first-order chi connectivity index (χ1) is 12.8. The average molecular weight is 392 g/mol. The lowest BCUT2D eigenvalue weighted by Gasteiger charge is -2.06. The molecule has 0 saturated heterocycles. The molecule has 0 heterocycles. The maximum absolute atomic E-state index is 12.8. The second-order valence-corrected chi connectivity index (χ2v) is 8.04. The van der Waals surface area contributed by atoms with Crippen LogP contribution in [-0.4, -0.2) is 20.9 Å². The third kappa shape index (κ3) is 7.88. The summed E-state index contributed by atoms with van der Waals surface area (Å²) in [6.45, 7) is 0.577. The first-order valence-corrected chi connectivity index (χ1v) is 10.5. The molecule has 0 atom stereocenters. The molecule has 0 aliphatic heterocycles. The molecule has 0 aliphatic carbocycles. The fourth-order valence-corrected chi connectivity index (χ4v) is 3.24. The van der Waals surface area contributed by atoms with Gasteiger partial charge in [-0.2, -0.15) is 0 Å². The van der Waals surface area contributed by atoms with Crippen molar-refractivity contribution in [2.24, 2.45) is 5.14 Å². The summed E-state index contributed by atoms with van der Waals surface area (Å²) < 4.78 is 35.2. The minimum atomic E-state index is -3.66. The van der Waals surface area contributed by atoms with Gasteiger partial charge in [-0.15, -0.1) is 0 Å². The molecule has 27 heavy (non-hydrogen) atoms. The molecule has 5 nitrogen and oxygen atoms in total. The normalized spacial score (nSPS) is 11.3. The van der Waals surface area contributed by atoms with Crippen molar-refractivity contribution >= 4 is 15.9 Å². The molecule has 0 unspecified atom stereocenters. The van der Waals surface area contributed by atoms with Gasteiger partial charge in [0.1, 0.15) is 5.82 Å². The Morgan fingerprint density at radius 3 is 2.04 bits per heavy atom. The summed E-state index contributed by atoms with van der Waals surface area (Å²) in [7, 11) is -3.66. The van der Waals surface area contributed by atoms with Gasteiger partial charge in [0, 0.05) is 13.0 Å². The highest BCUT2D eigenvalue weighted by Gasteiger charge is 2.06. The molecular formula is C20H25FN2O3S. The number of carbonyl (C=O) groups excluding carboxylic acids is 1. The third-order valence-corrected chi connectivity index (χ3v) is 5.18. The molecule has 0 fully saturated rings. The molecule has 0 aliphatic rings. The summed E-state index contributed by atoms with van der Waals surface area (Å²) in [5.74, 6) is -0.211. The van der Waals surface area contributed by atoms with Crippen molar-refractivity contribution in [1.82, 2.24) is 5.32 Å². The second kappa shape index (κ2) is 10.2. The van der Waals surface area contributed by atoms with Gasteiger partial charge >= 0.3 is 0 Å². The van der Waals surface area contributed by atoms with E-state index < -0.39 is 10.0 Å². The van der Waals surface area contributed by atoms with Crippen LogP contribution in [0.25, 0.3) is 0 Å². The average Bonchev–Trinajstić information content (AvgIpc) is 2.63. The van der Waals surface area contributed by atoms with Gasteiger partial charge < -0.3 is 5.32 Å². The third-order valence-electron chi connectivity index (χ3n) is 4.25. The number of aryl methyl sites for hydroxylation is 2. The Balaban J connectivity index is 1.57. The molecule has 0 saturated carbocycles. The Labute approximate surface area is 159 Å². The summed E-state index contributed by atoms with van der Waals surface area (Å²) in [5.41, 5.74) is 2.07. The highest BCUT2D eigenvalue weighted by molar-refractivity contribution is 7.89. The van der Waals surface area contributed by atoms with Gasteiger partial charge in [-0.1, -0.05) is 24.3 Å². The van der Waals surface area contributed by atoms with E-state index in [9.17, 15) is 17.6 Å². The highest BCUT2D eigenvalue weighted by atomic mass is 32.2. The van der Waals surface area contributed by atoms with Crippen LogP contribution in [0, 0.1) is 5.82 Å². The fourth-order valence-electron chi connectivity index (χ4n) is 2.72. The van der Waals surface area contributed by atoms with Gasteiger partial charge in [0.2, 0.25) is 15.9 Å². The van der Waals surface area contributed by atoms with E-state index in [1.165, 1.54) is 24.3 Å². The van der Waals surface area contributed by atoms with E-state index in [-0.39, 0.29) is 16.6 Å². The van der Waals surface area contributed by atoms with E-state index in [4.69, 9.17) is 5.14 Å². The predicted octanol–water partition coefficient (Wildman–Crippen LogP) is 2.93. The zero-order valence-electron chi connectivity index (χ0n) is 15.2. The summed E-state index contributed by atoms with van der Waals surface area (Å²) in [4.78, 5) is 11.9. The number of benzene rings is 2. The van der Waals surface area contributed by atoms with Crippen molar-refractivity contribution in [2.45, 2.75) is 43.4 Å². The molecule has 0 aromatic heterocycles. The Kier molecular flexibility index (Phi) is 7.94. The molecule has 146 valence electrons. The molecule has 0 spiro atoms. The van der Waals surface area contributed by atoms with Gasteiger partial charge in [0.15, 0.2) is 0 Å². The van der Waals surface area contributed by atoms with Crippen molar-refractivity contribution in [1.29, 1.82) is 0 Å². The number of rotatable bonds is 10. The van der Waals surface area contributed by atoms with Gasteiger partial charge in [-0.05, 0) is 67.5 Å². The monoisotopic (exact) mass is 392 g/mol. The number of carbonyl (C=O) groups is 1. The van der Waals surface area contributed by atoms with Crippen molar-refractivity contribution in [2.75, 3.05) is 6.54 Å². The Bertz CT molecular complexity index is 835. The molecule has 2 aromatic rings. The van der Waals surface area contributed by atoms with Crippen molar-refractivity contribution in [3.05, 3.63) is 65.5 Å². The van der Waals surface area contributed by atoms with E-state index in [0.29, 0.717) is 13.0 Å². The summed E-state index contributed by atoms with van der Waals surface area (Å²) in [5, 5.41) is 7.95. The molecule has 3 N–H and O–H groups in total. The lowest BCUT2D eigenvalue weighted by atomic mass is 10.1. The van der Waals surface area contributed by atoms with Crippen molar-refractivity contribution in [3.8, 4) is 0 Å². The molecule has 0 radical (unpaired) electrons. The lowest BCUT2D eigenvalue weighted by Crippen LogP contribution is -2.24. The number of sulfonamides is 1. The molecule has 7 heteroatoms. The summed E-state index contributed by atoms with van der Waals surface area (Å²) >= 11 is 0. The van der Waals surface area contributed by atoms with Gasteiger partial charge in [0.05, 0.1) is 4.90 Å². The fraction of sp³-hybridized carbons (Fsp3) is 0.350. The van der Waals surface area contributed by atoms with Crippen LogP contribution >= 0.6 is 0 Å².